The summed E-state index contributed by atoms with van der Waals surface area (Å²) in [7, 11) is 0. The monoisotopic (exact) mass is 309 g/mol. The van der Waals surface area contributed by atoms with Crippen molar-refractivity contribution in [1.29, 1.82) is 5.26 Å². The Morgan fingerprint density at radius 2 is 2.00 bits per heavy atom. The number of halogens is 1. The third kappa shape index (κ3) is 3.27. The molecule has 22 heavy (non-hydrogen) atoms. The zero-order chi connectivity index (χ0) is 15.4. The Labute approximate surface area is 133 Å². The summed E-state index contributed by atoms with van der Waals surface area (Å²) in [6, 6.07) is 16.8. The van der Waals surface area contributed by atoms with Gasteiger partial charge in [0, 0.05) is 16.3 Å². The smallest absolute Gasteiger partial charge is 0.214 e. The molecule has 0 fully saturated rings. The molecule has 3 aromatic rings. The van der Waals surface area contributed by atoms with Gasteiger partial charge in [0.15, 0.2) is 5.76 Å². The summed E-state index contributed by atoms with van der Waals surface area (Å²) < 4.78 is 5.71. The maximum Gasteiger partial charge on any atom is 0.214 e. The molecule has 0 bridgehead atoms. The predicted molar refractivity (Wildman–Crippen MR) is 85.4 cm³/mol. The van der Waals surface area contributed by atoms with Gasteiger partial charge in [0.25, 0.3) is 0 Å². The van der Waals surface area contributed by atoms with Crippen LogP contribution in [0.3, 0.4) is 0 Å². The van der Waals surface area contributed by atoms with Crippen LogP contribution in [0.1, 0.15) is 11.5 Å². The lowest BCUT2D eigenvalue weighted by Crippen LogP contribution is -1.99. The second-order valence-corrected chi connectivity index (χ2v) is 5.11. The standard InChI is InChI=1S/C17H12ClN3O/c18-14-6-4-13(5-7-14)16-10-21-17(22-16)11-20-15-3-1-2-12(8-15)9-19/h1-8,10,20H,11H2. The molecule has 0 aliphatic rings. The number of nitrogens with zero attached hydrogens (tertiary/aromatic N) is 2. The average Bonchev–Trinajstić information content (AvgIpc) is 3.03. The van der Waals surface area contributed by atoms with Crippen LogP contribution in [0.15, 0.2) is 59.1 Å². The van der Waals surface area contributed by atoms with Crippen LogP contribution in [-0.2, 0) is 6.54 Å². The number of benzene rings is 2. The minimum Gasteiger partial charge on any atom is -0.439 e. The van der Waals surface area contributed by atoms with Crippen molar-refractivity contribution in [2.75, 3.05) is 5.32 Å². The summed E-state index contributed by atoms with van der Waals surface area (Å²) >= 11 is 5.87. The highest BCUT2D eigenvalue weighted by Crippen LogP contribution is 2.22. The molecule has 108 valence electrons. The third-order valence-electron chi connectivity index (χ3n) is 3.12. The van der Waals surface area contributed by atoms with Gasteiger partial charge in [-0.1, -0.05) is 17.7 Å². The van der Waals surface area contributed by atoms with Gasteiger partial charge in [0.1, 0.15) is 0 Å². The Hall–Kier alpha value is -2.77. The minimum atomic E-state index is 0.447. The van der Waals surface area contributed by atoms with E-state index in [2.05, 4.69) is 16.4 Å². The number of oxazole rings is 1. The normalized spacial score (nSPS) is 10.2. The van der Waals surface area contributed by atoms with Crippen molar-refractivity contribution in [3.05, 3.63) is 71.2 Å². The van der Waals surface area contributed by atoms with E-state index in [9.17, 15) is 0 Å². The van der Waals surface area contributed by atoms with Crippen LogP contribution in [0.4, 0.5) is 5.69 Å². The highest BCUT2D eigenvalue weighted by Gasteiger charge is 2.06. The number of nitrogens with one attached hydrogen (secondary N) is 1. The van der Waals surface area contributed by atoms with Crippen LogP contribution >= 0.6 is 11.6 Å². The van der Waals surface area contributed by atoms with Gasteiger partial charge in [-0.3, -0.25) is 0 Å². The molecule has 1 aromatic heterocycles. The summed E-state index contributed by atoms with van der Waals surface area (Å²) in [6.45, 7) is 0.447. The number of rotatable bonds is 4. The van der Waals surface area contributed by atoms with E-state index >= 15 is 0 Å². The molecule has 0 aliphatic heterocycles. The number of hydrogen-bond acceptors (Lipinski definition) is 4. The topological polar surface area (TPSA) is 61.9 Å². The van der Waals surface area contributed by atoms with Gasteiger partial charge in [-0.15, -0.1) is 0 Å². The molecule has 0 aliphatic carbocycles. The van der Waals surface area contributed by atoms with Gasteiger partial charge in [-0.05, 0) is 42.5 Å². The second kappa shape index (κ2) is 6.33. The molecule has 0 radical (unpaired) electrons. The molecule has 0 saturated carbocycles. The van der Waals surface area contributed by atoms with E-state index in [1.807, 2.05) is 36.4 Å². The summed E-state index contributed by atoms with van der Waals surface area (Å²) in [5.41, 5.74) is 2.39. The van der Waals surface area contributed by atoms with Crippen LogP contribution in [0, 0.1) is 11.3 Å². The van der Waals surface area contributed by atoms with Crippen molar-refractivity contribution in [3.8, 4) is 17.4 Å². The fourth-order valence-electron chi connectivity index (χ4n) is 2.02. The molecule has 0 atom stereocenters. The Morgan fingerprint density at radius 3 is 2.77 bits per heavy atom. The van der Waals surface area contributed by atoms with Crippen LogP contribution in [0.5, 0.6) is 0 Å². The number of hydrogen-bond donors (Lipinski definition) is 1. The van der Waals surface area contributed by atoms with Crippen LogP contribution in [0.25, 0.3) is 11.3 Å². The molecule has 0 unspecified atom stereocenters. The average molecular weight is 310 g/mol. The van der Waals surface area contributed by atoms with Crippen molar-refractivity contribution in [2.24, 2.45) is 0 Å². The highest BCUT2D eigenvalue weighted by molar-refractivity contribution is 6.30. The molecule has 2 aromatic carbocycles. The zero-order valence-corrected chi connectivity index (χ0v) is 12.3. The molecular weight excluding hydrogens is 298 g/mol. The lowest BCUT2D eigenvalue weighted by atomic mass is 10.2. The van der Waals surface area contributed by atoms with Gasteiger partial charge >= 0.3 is 0 Å². The summed E-state index contributed by atoms with van der Waals surface area (Å²) in [6.07, 6.45) is 1.69. The molecule has 5 heteroatoms. The Morgan fingerprint density at radius 1 is 1.18 bits per heavy atom. The van der Waals surface area contributed by atoms with E-state index in [1.54, 1.807) is 18.3 Å². The van der Waals surface area contributed by atoms with E-state index in [0.29, 0.717) is 28.8 Å². The van der Waals surface area contributed by atoms with E-state index in [1.165, 1.54) is 0 Å². The molecule has 1 N–H and O–H groups in total. The number of anilines is 1. The molecule has 3 rings (SSSR count). The first-order valence-electron chi connectivity index (χ1n) is 6.69. The van der Waals surface area contributed by atoms with Crippen molar-refractivity contribution in [1.82, 2.24) is 4.98 Å². The van der Waals surface area contributed by atoms with E-state index in [0.717, 1.165) is 11.3 Å². The predicted octanol–water partition coefficient (Wildman–Crippen LogP) is 4.48. The van der Waals surface area contributed by atoms with E-state index in [4.69, 9.17) is 21.3 Å². The lowest BCUT2D eigenvalue weighted by Gasteiger charge is -2.03. The maximum absolute atomic E-state index is 8.88. The Balaban J connectivity index is 1.69. The summed E-state index contributed by atoms with van der Waals surface area (Å²) in [5, 5.41) is 12.7. The lowest BCUT2D eigenvalue weighted by molar-refractivity contribution is 0.516. The van der Waals surface area contributed by atoms with Crippen molar-refractivity contribution in [2.45, 2.75) is 6.54 Å². The van der Waals surface area contributed by atoms with Crippen LogP contribution in [-0.4, -0.2) is 4.98 Å². The minimum absolute atomic E-state index is 0.447. The maximum atomic E-state index is 8.88. The quantitative estimate of drug-likeness (QED) is 0.772. The fraction of sp³-hybridized carbons (Fsp3) is 0.0588. The van der Waals surface area contributed by atoms with Crippen molar-refractivity contribution in [3.63, 3.8) is 0 Å². The first-order valence-corrected chi connectivity index (χ1v) is 7.07. The molecule has 0 spiro atoms. The van der Waals surface area contributed by atoms with Gasteiger partial charge in [0.2, 0.25) is 5.89 Å². The zero-order valence-electron chi connectivity index (χ0n) is 11.6. The van der Waals surface area contributed by atoms with Crippen LogP contribution in [0.2, 0.25) is 5.02 Å². The number of nitriles is 1. The SMILES string of the molecule is N#Cc1cccc(NCc2ncc(-c3ccc(Cl)cc3)o2)c1. The molecule has 1 heterocycles. The largest absolute Gasteiger partial charge is 0.439 e. The molecule has 0 amide bonds. The first-order chi connectivity index (χ1) is 10.7. The fourth-order valence-corrected chi connectivity index (χ4v) is 2.14. The van der Waals surface area contributed by atoms with Crippen LogP contribution < -0.4 is 5.32 Å². The van der Waals surface area contributed by atoms with Gasteiger partial charge in [-0.25, -0.2) is 4.98 Å². The molecule has 0 saturated heterocycles. The molecular formula is C17H12ClN3O. The van der Waals surface area contributed by atoms with Crippen molar-refractivity contribution < 1.29 is 4.42 Å². The van der Waals surface area contributed by atoms with E-state index in [-0.39, 0.29) is 0 Å². The van der Waals surface area contributed by atoms with E-state index < -0.39 is 0 Å². The summed E-state index contributed by atoms with van der Waals surface area (Å²) in [4.78, 5) is 4.25. The Kier molecular flexibility index (Phi) is 4.08. The van der Waals surface area contributed by atoms with Gasteiger partial charge in [0.05, 0.1) is 24.4 Å². The number of aromatic nitrogens is 1. The highest BCUT2D eigenvalue weighted by atomic mass is 35.5. The van der Waals surface area contributed by atoms with Gasteiger partial charge in [-0.2, -0.15) is 5.26 Å². The summed E-state index contributed by atoms with van der Waals surface area (Å²) in [5.74, 6) is 1.27. The molecule has 4 nitrogen and oxygen atoms in total. The first kappa shape index (κ1) is 14.2. The van der Waals surface area contributed by atoms with Crippen molar-refractivity contribution >= 4 is 17.3 Å². The van der Waals surface area contributed by atoms with Gasteiger partial charge < -0.3 is 9.73 Å². The second-order valence-electron chi connectivity index (χ2n) is 4.67. The Bertz CT molecular complexity index is 818. The third-order valence-corrected chi connectivity index (χ3v) is 3.37.